The van der Waals surface area contributed by atoms with E-state index in [0.717, 1.165) is 16.6 Å². The first-order valence-corrected chi connectivity index (χ1v) is 6.11. The molecule has 5 nitrogen and oxygen atoms in total. The molecule has 2 aromatic carbocycles. The average molecular weight is 267 g/mol. The summed E-state index contributed by atoms with van der Waals surface area (Å²) in [5.74, 6) is 0.323. The van der Waals surface area contributed by atoms with Gasteiger partial charge in [0.2, 0.25) is 0 Å². The largest absolute Gasteiger partial charge is 0.465 e. The number of hydrogen-bond donors (Lipinski definition) is 2. The maximum Gasteiger partial charge on any atom is 0.337 e. The Morgan fingerprint density at radius 3 is 2.90 bits per heavy atom. The third-order valence-corrected chi connectivity index (χ3v) is 3.06. The Hall–Kier alpha value is -2.82. The van der Waals surface area contributed by atoms with Crippen molar-refractivity contribution in [1.82, 2.24) is 9.97 Å². The summed E-state index contributed by atoms with van der Waals surface area (Å²) in [4.78, 5) is 19.2. The van der Waals surface area contributed by atoms with Crippen LogP contribution in [0.15, 0.2) is 42.5 Å². The molecule has 1 heterocycles. The van der Waals surface area contributed by atoms with E-state index in [1.165, 1.54) is 7.11 Å². The lowest BCUT2D eigenvalue weighted by Gasteiger charge is -2.01. The van der Waals surface area contributed by atoms with Gasteiger partial charge in [0.15, 0.2) is 0 Å². The number of imidazole rings is 1. The Bertz CT molecular complexity index is 793. The molecule has 3 rings (SSSR count). The summed E-state index contributed by atoms with van der Waals surface area (Å²) >= 11 is 0. The van der Waals surface area contributed by atoms with Crippen LogP contribution in [0.3, 0.4) is 0 Å². The molecule has 0 saturated heterocycles. The minimum absolute atomic E-state index is 0.368. The minimum atomic E-state index is -0.368. The molecule has 0 saturated carbocycles. The van der Waals surface area contributed by atoms with Crippen molar-refractivity contribution in [2.45, 2.75) is 0 Å². The van der Waals surface area contributed by atoms with Gasteiger partial charge in [-0.1, -0.05) is 12.1 Å². The Morgan fingerprint density at radius 1 is 1.25 bits per heavy atom. The van der Waals surface area contributed by atoms with Gasteiger partial charge in [-0.3, -0.25) is 0 Å². The molecule has 0 amide bonds. The first kappa shape index (κ1) is 12.2. The highest BCUT2D eigenvalue weighted by molar-refractivity contribution is 5.91. The molecule has 3 N–H and O–H groups in total. The first-order chi connectivity index (χ1) is 9.67. The number of ether oxygens (including phenoxy) is 1. The van der Waals surface area contributed by atoms with Gasteiger partial charge in [-0.05, 0) is 30.3 Å². The van der Waals surface area contributed by atoms with Gasteiger partial charge in [0, 0.05) is 11.3 Å². The van der Waals surface area contributed by atoms with Crippen LogP contribution in [0.4, 0.5) is 5.69 Å². The highest BCUT2D eigenvalue weighted by atomic mass is 16.5. The summed E-state index contributed by atoms with van der Waals surface area (Å²) in [5.41, 5.74) is 9.43. The molecule has 0 bridgehead atoms. The van der Waals surface area contributed by atoms with Crippen LogP contribution in [0.25, 0.3) is 22.4 Å². The van der Waals surface area contributed by atoms with Crippen molar-refractivity contribution in [3.8, 4) is 11.4 Å². The van der Waals surface area contributed by atoms with E-state index in [4.69, 9.17) is 10.5 Å². The van der Waals surface area contributed by atoms with Crippen LogP contribution in [-0.4, -0.2) is 23.0 Å². The summed E-state index contributed by atoms with van der Waals surface area (Å²) in [6.07, 6.45) is 0. The second kappa shape index (κ2) is 4.70. The molecule has 0 spiro atoms. The molecule has 1 aromatic heterocycles. The number of H-pyrrole nitrogens is 1. The third-order valence-electron chi connectivity index (χ3n) is 3.06. The maximum absolute atomic E-state index is 11.5. The van der Waals surface area contributed by atoms with E-state index in [1.54, 1.807) is 24.3 Å². The van der Waals surface area contributed by atoms with E-state index in [1.807, 2.05) is 18.2 Å². The number of hydrogen-bond acceptors (Lipinski definition) is 4. The molecule has 20 heavy (non-hydrogen) atoms. The van der Waals surface area contributed by atoms with Crippen molar-refractivity contribution in [3.05, 3.63) is 48.0 Å². The van der Waals surface area contributed by atoms with Crippen LogP contribution in [0.1, 0.15) is 10.4 Å². The van der Waals surface area contributed by atoms with Gasteiger partial charge >= 0.3 is 5.97 Å². The first-order valence-electron chi connectivity index (χ1n) is 6.11. The third kappa shape index (κ3) is 2.09. The number of fused-ring (bicyclic) bond motifs is 1. The number of nitrogens with two attached hydrogens (primary N) is 1. The molecule has 0 fully saturated rings. The minimum Gasteiger partial charge on any atom is -0.465 e. The van der Waals surface area contributed by atoms with Crippen molar-refractivity contribution < 1.29 is 9.53 Å². The fourth-order valence-electron chi connectivity index (χ4n) is 2.08. The highest BCUT2D eigenvalue weighted by Crippen LogP contribution is 2.22. The summed E-state index contributed by atoms with van der Waals surface area (Å²) in [6.45, 7) is 0. The van der Waals surface area contributed by atoms with Gasteiger partial charge in [0.25, 0.3) is 0 Å². The number of carbonyl (C=O) groups is 1. The van der Waals surface area contributed by atoms with E-state index in [0.29, 0.717) is 17.1 Å². The number of esters is 1. The molecule has 5 heteroatoms. The number of carbonyl (C=O) groups excluding carboxylic acids is 1. The monoisotopic (exact) mass is 267 g/mol. The number of rotatable bonds is 2. The number of anilines is 1. The normalized spacial score (nSPS) is 10.7. The van der Waals surface area contributed by atoms with Crippen LogP contribution in [0.2, 0.25) is 0 Å². The van der Waals surface area contributed by atoms with E-state index in [9.17, 15) is 4.79 Å². The number of nitrogens with zero attached hydrogens (tertiary/aromatic N) is 1. The Labute approximate surface area is 115 Å². The van der Waals surface area contributed by atoms with Gasteiger partial charge in [-0.2, -0.15) is 0 Å². The summed E-state index contributed by atoms with van der Waals surface area (Å²) in [7, 11) is 1.36. The predicted molar refractivity (Wildman–Crippen MR) is 77.3 cm³/mol. The average Bonchev–Trinajstić information content (AvgIpc) is 2.89. The van der Waals surface area contributed by atoms with Gasteiger partial charge in [-0.15, -0.1) is 0 Å². The van der Waals surface area contributed by atoms with Crippen LogP contribution in [0.5, 0.6) is 0 Å². The topological polar surface area (TPSA) is 81.0 Å². The zero-order valence-corrected chi connectivity index (χ0v) is 10.9. The molecule has 0 radical (unpaired) electrons. The quantitative estimate of drug-likeness (QED) is 0.552. The van der Waals surface area contributed by atoms with Crippen LogP contribution in [-0.2, 0) is 4.74 Å². The predicted octanol–water partition coefficient (Wildman–Crippen LogP) is 2.60. The zero-order chi connectivity index (χ0) is 14.1. The van der Waals surface area contributed by atoms with Crippen LogP contribution >= 0.6 is 0 Å². The van der Waals surface area contributed by atoms with Gasteiger partial charge in [0.1, 0.15) is 5.82 Å². The summed E-state index contributed by atoms with van der Waals surface area (Å²) in [6, 6.07) is 12.6. The van der Waals surface area contributed by atoms with E-state index < -0.39 is 0 Å². The lowest BCUT2D eigenvalue weighted by molar-refractivity contribution is 0.0601. The number of nitrogens with one attached hydrogen (secondary N) is 1. The van der Waals surface area contributed by atoms with Crippen LogP contribution in [0, 0.1) is 0 Å². The Balaban J connectivity index is 2.08. The summed E-state index contributed by atoms with van der Waals surface area (Å²) in [5, 5.41) is 0. The van der Waals surface area contributed by atoms with Crippen LogP contribution < -0.4 is 5.73 Å². The second-order valence-corrected chi connectivity index (χ2v) is 4.43. The van der Waals surface area contributed by atoms with Crippen molar-refractivity contribution in [1.29, 1.82) is 0 Å². The number of methoxy groups -OCH3 is 1. The van der Waals surface area contributed by atoms with Crippen molar-refractivity contribution >= 4 is 22.7 Å². The Morgan fingerprint density at radius 2 is 2.10 bits per heavy atom. The SMILES string of the molecule is COC(=O)c1cccc(-c2nc3ccc(N)cc3[nH]2)c1. The molecule has 0 atom stereocenters. The summed E-state index contributed by atoms with van der Waals surface area (Å²) < 4.78 is 4.72. The standard InChI is InChI=1S/C15H13N3O2/c1-20-15(19)10-4-2-3-9(7-10)14-17-12-6-5-11(16)8-13(12)18-14/h2-8H,16H2,1H3,(H,17,18). The number of aromatic nitrogens is 2. The smallest absolute Gasteiger partial charge is 0.337 e. The van der Waals surface area contributed by atoms with E-state index in [-0.39, 0.29) is 5.97 Å². The Kier molecular flexibility index (Phi) is 2.87. The van der Waals surface area contributed by atoms with E-state index in [2.05, 4.69) is 9.97 Å². The molecule has 0 aliphatic carbocycles. The van der Waals surface area contributed by atoms with Gasteiger partial charge in [-0.25, -0.2) is 9.78 Å². The molecule has 0 aliphatic heterocycles. The van der Waals surface area contributed by atoms with Crippen molar-refractivity contribution in [3.63, 3.8) is 0 Å². The number of aromatic amines is 1. The molecule has 0 unspecified atom stereocenters. The second-order valence-electron chi connectivity index (χ2n) is 4.43. The maximum atomic E-state index is 11.5. The lowest BCUT2D eigenvalue weighted by Crippen LogP contribution is -2.00. The lowest BCUT2D eigenvalue weighted by atomic mass is 10.1. The molecule has 0 aliphatic rings. The molecular formula is C15H13N3O2. The van der Waals surface area contributed by atoms with Crippen molar-refractivity contribution in [2.75, 3.05) is 12.8 Å². The fraction of sp³-hybridized carbons (Fsp3) is 0.0667. The van der Waals surface area contributed by atoms with Gasteiger partial charge in [0.05, 0.1) is 23.7 Å². The van der Waals surface area contributed by atoms with Gasteiger partial charge < -0.3 is 15.5 Å². The molecular weight excluding hydrogens is 254 g/mol. The van der Waals surface area contributed by atoms with E-state index >= 15 is 0 Å². The number of benzene rings is 2. The fourth-order valence-corrected chi connectivity index (χ4v) is 2.08. The highest BCUT2D eigenvalue weighted by Gasteiger charge is 2.09. The molecule has 3 aromatic rings. The van der Waals surface area contributed by atoms with Crippen molar-refractivity contribution in [2.24, 2.45) is 0 Å². The number of nitrogen functional groups attached to an aromatic ring is 1. The molecule has 100 valence electrons. The zero-order valence-electron chi connectivity index (χ0n) is 10.9.